The number of benzene rings is 1. The summed E-state index contributed by atoms with van der Waals surface area (Å²) in [4.78, 5) is 25.6. The fraction of sp³-hybridized carbons (Fsp3) is 0.467. The van der Waals surface area contributed by atoms with Crippen LogP contribution in [0, 0.1) is 0 Å². The van der Waals surface area contributed by atoms with E-state index in [4.69, 9.17) is 5.73 Å². The molecule has 1 unspecified atom stereocenters. The van der Waals surface area contributed by atoms with E-state index in [1.165, 1.54) is 0 Å². The molecule has 1 aromatic carbocycles. The predicted molar refractivity (Wildman–Crippen MR) is 82.1 cm³/mol. The van der Waals surface area contributed by atoms with Gasteiger partial charge >= 0.3 is 0 Å². The molecule has 0 saturated carbocycles. The number of hydrogen-bond donors (Lipinski definition) is 3. The molecular formula is C15H20N4O2. The molecule has 0 spiro atoms. The molecule has 1 fully saturated rings. The number of nitrogens with one attached hydrogen (secondary N) is 2. The zero-order chi connectivity index (χ0) is 15.0. The van der Waals surface area contributed by atoms with Gasteiger partial charge in [0.2, 0.25) is 11.8 Å². The van der Waals surface area contributed by atoms with Gasteiger partial charge < -0.3 is 21.3 Å². The largest absolute Gasteiger partial charge is 0.397 e. The van der Waals surface area contributed by atoms with Crippen molar-refractivity contribution in [3.63, 3.8) is 0 Å². The third kappa shape index (κ3) is 2.66. The third-order valence-corrected chi connectivity index (χ3v) is 4.06. The third-order valence-electron chi connectivity index (χ3n) is 4.06. The molecule has 4 N–H and O–H groups in total. The van der Waals surface area contributed by atoms with Gasteiger partial charge in [0.25, 0.3) is 0 Å². The lowest BCUT2D eigenvalue weighted by atomic mass is 10.1. The average molecular weight is 288 g/mol. The molecule has 21 heavy (non-hydrogen) atoms. The van der Waals surface area contributed by atoms with E-state index < -0.39 is 0 Å². The van der Waals surface area contributed by atoms with Gasteiger partial charge in [0.15, 0.2) is 0 Å². The number of fused-ring (bicyclic) bond motifs is 1. The van der Waals surface area contributed by atoms with Crippen molar-refractivity contribution in [2.45, 2.75) is 32.2 Å². The van der Waals surface area contributed by atoms with E-state index in [-0.39, 0.29) is 17.9 Å². The zero-order valence-electron chi connectivity index (χ0n) is 12.1. The van der Waals surface area contributed by atoms with Crippen LogP contribution in [0.2, 0.25) is 0 Å². The highest BCUT2D eigenvalue weighted by Gasteiger charge is 2.25. The molecule has 0 bridgehead atoms. The summed E-state index contributed by atoms with van der Waals surface area (Å²) in [6.07, 6.45) is 2.51. The van der Waals surface area contributed by atoms with E-state index in [0.717, 1.165) is 37.2 Å². The Bertz CT molecular complexity index is 594. The molecule has 2 amide bonds. The van der Waals surface area contributed by atoms with Gasteiger partial charge in [0.05, 0.1) is 17.8 Å². The number of nitrogens with two attached hydrogens (primary N) is 1. The lowest BCUT2D eigenvalue weighted by Gasteiger charge is -2.22. The summed E-state index contributed by atoms with van der Waals surface area (Å²) in [5.41, 5.74) is 8.95. The van der Waals surface area contributed by atoms with E-state index in [2.05, 4.69) is 10.6 Å². The van der Waals surface area contributed by atoms with Crippen molar-refractivity contribution in [3.8, 4) is 0 Å². The fourth-order valence-electron chi connectivity index (χ4n) is 2.92. The molecule has 1 saturated heterocycles. The van der Waals surface area contributed by atoms with Crippen LogP contribution in [-0.2, 0) is 16.0 Å². The summed E-state index contributed by atoms with van der Waals surface area (Å²) >= 11 is 0. The summed E-state index contributed by atoms with van der Waals surface area (Å²) < 4.78 is 0. The van der Waals surface area contributed by atoms with Crippen LogP contribution >= 0.6 is 0 Å². The molecule has 2 heterocycles. The molecule has 1 aromatic rings. The standard InChI is InChI=1S/C15H20N4O2/c1-9(15(21)19-4-2-3-5-19)17-13-8-12-10(6-11(13)16)7-14(20)18-12/h6,8-9,17H,2-5,7,16H2,1H3,(H,18,20). The van der Waals surface area contributed by atoms with Gasteiger partial charge in [-0.25, -0.2) is 0 Å². The summed E-state index contributed by atoms with van der Waals surface area (Å²) in [6.45, 7) is 3.51. The molecule has 2 aliphatic heterocycles. The van der Waals surface area contributed by atoms with Gasteiger partial charge in [-0.3, -0.25) is 9.59 Å². The first-order valence-corrected chi connectivity index (χ1v) is 7.32. The Morgan fingerprint density at radius 3 is 2.81 bits per heavy atom. The smallest absolute Gasteiger partial charge is 0.244 e. The van der Waals surface area contributed by atoms with Crippen molar-refractivity contribution in [1.29, 1.82) is 0 Å². The van der Waals surface area contributed by atoms with E-state index in [1.54, 1.807) is 6.07 Å². The monoisotopic (exact) mass is 288 g/mol. The number of nitrogens with zero attached hydrogens (tertiary/aromatic N) is 1. The maximum absolute atomic E-state index is 12.3. The Hall–Kier alpha value is -2.24. The van der Waals surface area contributed by atoms with Crippen molar-refractivity contribution in [3.05, 3.63) is 17.7 Å². The van der Waals surface area contributed by atoms with Crippen molar-refractivity contribution in [1.82, 2.24) is 4.90 Å². The number of hydrogen-bond acceptors (Lipinski definition) is 4. The number of nitrogen functional groups attached to an aromatic ring is 1. The van der Waals surface area contributed by atoms with Crippen LogP contribution in [0.5, 0.6) is 0 Å². The lowest BCUT2D eigenvalue weighted by Crippen LogP contribution is -2.39. The Labute approximate surface area is 123 Å². The van der Waals surface area contributed by atoms with E-state index in [0.29, 0.717) is 17.8 Å². The quantitative estimate of drug-likeness (QED) is 0.729. The Kier molecular flexibility index (Phi) is 3.45. The van der Waals surface area contributed by atoms with Crippen LogP contribution in [0.15, 0.2) is 12.1 Å². The number of amides is 2. The highest BCUT2D eigenvalue weighted by molar-refractivity contribution is 6.01. The molecule has 3 rings (SSSR count). The lowest BCUT2D eigenvalue weighted by molar-refractivity contribution is -0.130. The maximum Gasteiger partial charge on any atom is 0.244 e. The topological polar surface area (TPSA) is 87.5 Å². The van der Waals surface area contributed by atoms with Crippen LogP contribution in [0.4, 0.5) is 17.1 Å². The Balaban J connectivity index is 1.74. The zero-order valence-corrected chi connectivity index (χ0v) is 12.1. The van der Waals surface area contributed by atoms with Crippen LogP contribution < -0.4 is 16.4 Å². The first-order chi connectivity index (χ1) is 10.0. The van der Waals surface area contributed by atoms with Crippen molar-refractivity contribution in [2.24, 2.45) is 0 Å². The Morgan fingerprint density at radius 2 is 2.10 bits per heavy atom. The summed E-state index contributed by atoms with van der Waals surface area (Å²) in [5, 5.41) is 5.96. The number of likely N-dealkylation sites (tertiary alicyclic amines) is 1. The van der Waals surface area contributed by atoms with Gasteiger partial charge in [-0.05, 0) is 37.5 Å². The molecule has 1 atom stereocenters. The number of anilines is 3. The molecule has 6 heteroatoms. The molecule has 0 radical (unpaired) electrons. The molecule has 112 valence electrons. The number of rotatable bonds is 3. The first-order valence-electron chi connectivity index (χ1n) is 7.32. The SMILES string of the molecule is CC(Nc1cc2c(cc1N)CC(=O)N2)C(=O)N1CCCC1. The highest BCUT2D eigenvalue weighted by atomic mass is 16.2. The van der Waals surface area contributed by atoms with Crippen molar-refractivity contribution in [2.75, 3.05) is 29.5 Å². The second-order valence-electron chi connectivity index (χ2n) is 5.72. The van der Waals surface area contributed by atoms with Gasteiger partial charge in [-0.2, -0.15) is 0 Å². The van der Waals surface area contributed by atoms with Crippen LogP contribution in [0.1, 0.15) is 25.3 Å². The molecule has 6 nitrogen and oxygen atoms in total. The molecule has 0 aliphatic carbocycles. The van der Waals surface area contributed by atoms with E-state index >= 15 is 0 Å². The van der Waals surface area contributed by atoms with Gasteiger partial charge in [-0.15, -0.1) is 0 Å². The van der Waals surface area contributed by atoms with E-state index in [9.17, 15) is 9.59 Å². The highest BCUT2D eigenvalue weighted by Crippen LogP contribution is 2.32. The Morgan fingerprint density at radius 1 is 1.38 bits per heavy atom. The van der Waals surface area contributed by atoms with Crippen LogP contribution in [-0.4, -0.2) is 35.8 Å². The second-order valence-corrected chi connectivity index (χ2v) is 5.72. The van der Waals surface area contributed by atoms with E-state index in [1.807, 2.05) is 17.9 Å². The fourth-order valence-corrected chi connectivity index (χ4v) is 2.92. The van der Waals surface area contributed by atoms with Crippen LogP contribution in [0.25, 0.3) is 0 Å². The van der Waals surface area contributed by atoms with Crippen LogP contribution in [0.3, 0.4) is 0 Å². The maximum atomic E-state index is 12.3. The van der Waals surface area contributed by atoms with Gasteiger partial charge in [-0.1, -0.05) is 0 Å². The van der Waals surface area contributed by atoms with Crippen molar-refractivity contribution < 1.29 is 9.59 Å². The number of carbonyl (C=O) groups is 2. The molecule has 2 aliphatic rings. The van der Waals surface area contributed by atoms with Gasteiger partial charge in [0.1, 0.15) is 6.04 Å². The minimum atomic E-state index is -0.333. The predicted octanol–water partition coefficient (Wildman–Crippen LogP) is 1.19. The molecule has 0 aromatic heterocycles. The summed E-state index contributed by atoms with van der Waals surface area (Å²) in [5.74, 6) is 0.0687. The summed E-state index contributed by atoms with van der Waals surface area (Å²) in [7, 11) is 0. The van der Waals surface area contributed by atoms with Gasteiger partial charge in [0, 0.05) is 18.8 Å². The molecular weight excluding hydrogens is 268 g/mol. The summed E-state index contributed by atoms with van der Waals surface area (Å²) in [6, 6.07) is 3.27. The number of carbonyl (C=O) groups excluding carboxylic acids is 2. The average Bonchev–Trinajstić information content (AvgIpc) is 3.06. The second kappa shape index (κ2) is 5.27. The van der Waals surface area contributed by atoms with Crippen molar-refractivity contribution >= 4 is 28.9 Å². The minimum Gasteiger partial charge on any atom is -0.397 e. The normalized spacial score (nSPS) is 18.3. The first kappa shape index (κ1) is 13.7. The minimum absolute atomic E-state index is 0.0252.